The number of aliphatic hydroxyl groups excluding tert-OH is 1. The number of benzene rings is 1. The van der Waals surface area contributed by atoms with Crippen LogP contribution in [0.25, 0.3) is 0 Å². The van der Waals surface area contributed by atoms with Crippen molar-refractivity contribution in [3.05, 3.63) is 41.5 Å². The standard InChI is InChI=1S/C15H18N2O3/c1-19-11-7-5-10(6-8-11)9-14-16-15(20-17-14)12-3-2-4-13(12)18/h5-8,12-13,18H,2-4,9H2,1H3. The molecule has 1 saturated carbocycles. The fourth-order valence-electron chi connectivity index (χ4n) is 2.64. The van der Waals surface area contributed by atoms with Crippen LogP contribution in [0.5, 0.6) is 5.75 Å². The fourth-order valence-corrected chi connectivity index (χ4v) is 2.64. The summed E-state index contributed by atoms with van der Waals surface area (Å²) in [5.41, 5.74) is 1.10. The Hall–Kier alpha value is -1.88. The molecule has 106 valence electrons. The fraction of sp³-hybridized carbons (Fsp3) is 0.467. The van der Waals surface area contributed by atoms with Gasteiger partial charge in [0.2, 0.25) is 5.89 Å². The van der Waals surface area contributed by atoms with Crippen molar-refractivity contribution in [3.8, 4) is 5.75 Å². The Kier molecular flexibility index (Phi) is 3.69. The predicted octanol–water partition coefficient (Wildman–Crippen LogP) is 2.30. The van der Waals surface area contributed by atoms with Crippen molar-refractivity contribution in [2.45, 2.75) is 37.7 Å². The number of nitrogens with zero attached hydrogens (tertiary/aromatic N) is 2. The van der Waals surface area contributed by atoms with Gasteiger partial charge in [0.1, 0.15) is 5.75 Å². The van der Waals surface area contributed by atoms with E-state index in [0.29, 0.717) is 18.1 Å². The first kappa shape index (κ1) is 13.1. The molecule has 1 aliphatic carbocycles. The van der Waals surface area contributed by atoms with Crippen molar-refractivity contribution >= 4 is 0 Å². The van der Waals surface area contributed by atoms with Gasteiger partial charge in [0.05, 0.1) is 19.1 Å². The third-order valence-corrected chi connectivity index (χ3v) is 3.80. The quantitative estimate of drug-likeness (QED) is 0.926. The van der Waals surface area contributed by atoms with Crippen LogP contribution in [0.1, 0.15) is 42.5 Å². The lowest BCUT2D eigenvalue weighted by molar-refractivity contribution is 0.148. The molecule has 1 aromatic carbocycles. The van der Waals surface area contributed by atoms with Gasteiger partial charge in [-0.3, -0.25) is 0 Å². The molecule has 1 fully saturated rings. The molecule has 0 amide bonds. The highest BCUT2D eigenvalue weighted by Crippen LogP contribution is 2.33. The number of methoxy groups -OCH3 is 1. The van der Waals surface area contributed by atoms with E-state index in [-0.39, 0.29) is 12.0 Å². The number of rotatable bonds is 4. The van der Waals surface area contributed by atoms with Crippen LogP contribution in [0.4, 0.5) is 0 Å². The van der Waals surface area contributed by atoms with Crippen molar-refractivity contribution in [1.82, 2.24) is 10.1 Å². The van der Waals surface area contributed by atoms with E-state index in [1.807, 2.05) is 24.3 Å². The summed E-state index contributed by atoms with van der Waals surface area (Å²) in [4.78, 5) is 4.41. The van der Waals surface area contributed by atoms with Gasteiger partial charge < -0.3 is 14.4 Å². The Bertz CT molecular complexity index is 565. The Morgan fingerprint density at radius 3 is 2.75 bits per heavy atom. The molecule has 1 aliphatic rings. The van der Waals surface area contributed by atoms with E-state index in [9.17, 15) is 5.11 Å². The second kappa shape index (κ2) is 5.63. The molecule has 2 atom stereocenters. The SMILES string of the molecule is COc1ccc(Cc2noc(C3CCCC3O)n2)cc1. The molecule has 2 unspecified atom stereocenters. The lowest BCUT2D eigenvalue weighted by Gasteiger charge is -2.07. The molecule has 2 aromatic rings. The lowest BCUT2D eigenvalue weighted by Crippen LogP contribution is -2.11. The van der Waals surface area contributed by atoms with Crippen molar-refractivity contribution in [2.24, 2.45) is 0 Å². The van der Waals surface area contributed by atoms with Crippen molar-refractivity contribution < 1.29 is 14.4 Å². The maximum absolute atomic E-state index is 9.86. The molecule has 0 radical (unpaired) electrons. The summed E-state index contributed by atoms with van der Waals surface area (Å²) >= 11 is 0. The Labute approximate surface area is 117 Å². The highest BCUT2D eigenvalue weighted by atomic mass is 16.5. The van der Waals surface area contributed by atoms with Crippen LogP contribution in [0.2, 0.25) is 0 Å². The minimum atomic E-state index is -0.343. The van der Waals surface area contributed by atoms with E-state index in [4.69, 9.17) is 9.26 Å². The first-order chi connectivity index (χ1) is 9.76. The average Bonchev–Trinajstić information content (AvgIpc) is 3.08. The second-order valence-corrected chi connectivity index (χ2v) is 5.18. The zero-order valence-corrected chi connectivity index (χ0v) is 11.5. The summed E-state index contributed by atoms with van der Waals surface area (Å²) in [7, 11) is 1.65. The van der Waals surface area contributed by atoms with E-state index < -0.39 is 0 Å². The van der Waals surface area contributed by atoms with E-state index in [1.54, 1.807) is 7.11 Å². The molecule has 0 bridgehead atoms. The van der Waals surface area contributed by atoms with E-state index >= 15 is 0 Å². The molecule has 1 aromatic heterocycles. The minimum Gasteiger partial charge on any atom is -0.497 e. The first-order valence-corrected chi connectivity index (χ1v) is 6.90. The van der Waals surface area contributed by atoms with Crippen LogP contribution in [0, 0.1) is 0 Å². The van der Waals surface area contributed by atoms with Crippen molar-refractivity contribution in [1.29, 1.82) is 0 Å². The molecule has 0 saturated heterocycles. The highest BCUT2D eigenvalue weighted by molar-refractivity contribution is 5.28. The van der Waals surface area contributed by atoms with Crippen LogP contribution in [0.15, 0.2) is 28.8 Å². The zero-order chi connectivity index (χ0) is 13.9. The molecular formula is C15H18N2O3. The summed E-state index contributed by atoms with van der Waals surface area (Å²) in [5, 5.41) is 13.9. The molecule has 3 rings (SSSR count). The highest BCUT2D eigenvalue weighted by Gasteiger charge is 2.31. The number of hydrogen-bond donors (Lipinski definition) is 1. The molecule has 1 N–H and O–H groups in total. The van der Waals surface area contributed by atoms with Gasteiger partial charge in [0.15, 0.2) is 5.82 Å². The van der Waals surface area contributed by atoms with Crippen LogP contribution >= 0.6 is 0 Å². The van der Waals surface area contributed by atoms with Gasteiger partial charge in [-0.1, -0.05) is 17.3 Å². The predicted molar refractivity (Wildman–Crippen MR) is 72.7 cm³/mol. The maximum Gasteiger partial charge on any atom is 0.232 e. The second-order valence-electron chi connectivity index (χ2n) is 5.18. The molecule has 5 heteroatoms. The summed E-state index contributed by atoms with van der Waals surface area (Å²) in [5.74, 6) is 2.06. The monoisotopic (exact) mass is 274 g/mol. The maximum atomic E-state index is 9.86. The first-order valence-electron chi connectivity index (χ1n) is 6.90. The summed E-state index contributed by atoms with van der Waals surface area (Å²) in [6.07, 6.45) is 3.04. The van der Waals surface area contributed by atoms with Crippen LogP contribution < -0.4 is 4.74 Å². The summed E-state index contributed by atoms with van der Waals surface area (Å²) < 4.78 is 10.4. The van der Waals surface area contributed by atoms with Crippen molar-refractivity contribution in [3.63, 3.8) is 0 Å². The summed E-state index contributed by atoms with van der Waals surface area (Å²) in [6.45, 7) is 0. The van der Waals surface area contributed by atoms with Gasteiger partial charge in [-0.2, -0.15) is 4.98 Å². The minimum absolute atomic E-state index is 0.00659. The molecule has 20 heavy (non-hydrogen) atoms. The third kappa shape index (κ3) is 2.67. The number of hydrogen-bond acceptors (Lipinski definition) is 5. The van der Waals surface area contributed by atoms with Crippen LogP contribution in [-0.2, 0) is 6.42 Å². The summed E-state index contributed by atoms with van der Waals surface area (Å²) in [6, 6.07) is 7.80. The van der Waals surface area contributed by atoms with Crippen molar-refractivity contribution in [2.75, 3.05) is 7.11 Å². The van der Waals surface area contributed by atoms with E-state index in [2.05, 4.69) is 10.1 Å². The lowest BCUT2D eigenvalue weighted by atomic mass is 10.1. The van der Waals surface area contributed by atoms with Gasteiger partial charge in [0, 0.05) is 6.42 Å². The molecule has 0 spiro atoms. The Balaban J connectivity index is 1.70. The third-order valence-electron chi connectivity index (χ3n) is 3.80. The molecule has 1 heterocycles. The largest absolute Gasteiger partial charge is 0.497 e. The molecular weight excluding hydrogens is 256 g/mol. The number of aromatic nitrogens is 2. The molecule has 5 nitrogen and oxygen atoms in total. The number of aliphatic hydroxyl groups is 1. The van der Waals surface area contributed by atoms with Gasteiger partial charge in [-0.15, -0.1) is 0 Å². The van der Waals surface area contributed by atoms with E-state index in [0.717, 1.165) is 30.6 Å². The Morgan fingerprint density at radius 1 is 1.30 bits per heavy atom. The van der Waals surface area contributed by atoms with Gasteiger partial charge in [0.25, 0.3) is 0 Å². The van der Waals surface area contributed by atoms with Crippen LogP contribution in [-0.4, -0.2) is 28.5 Å². The van der Waals surface area contributed by atoms with Gasteiger partial charge >= 0.3 is 0 Å². The molecule has 0 aliphatic heterocycles. The Morgan fingerprint density at radius 2 is 2.10 bits per heavy atom. The topological polar surface area (TPSA) is 68.4 Å². The number of ether oxygens (including phenoxy) is 1. The van der Waals surface area contributed by atoms with Gasteiger partial charge in [-0.25, -0.2) is 0 Å². The van der Waals surface area contributed by atoms with Crippen LogP contribution in [0.3, 0.4) is 0 Å². The smallest absolute Gasteiger partial charge is 0.232 e. The zero-order valence-electron chi connectivity index (χ0n) is 11.5. The normalized spacial score (nSPS) is 22.1. The van der Waals surface area contributed by atoms with Gasteiger partial charge in [-0.05, 0) is 37.0 Å². The average molecular weight is 274 g/mol. The van der Waals surface area contributed by atoms with E-state index in [1.165, 1.54) is 0 Å².